The molecule has 2 aromatic rings. The van der Waals surface area contributed by atoms with Gasteiger partial charge in [0.2, 0.25) is 11.8 Å². The Bertz CT molecular complexity index is 819. The van der Waals surface area contributed by atoms with Crippen LogP contribution in [0.4, 0.5) is 0 Å². The van der Waals surface area contributed by atoms with E-state index in [1.54, 1.807) is 14.0 Å². The molecule has 0 saturated heterocycles. The molecule has 0 saturated carbocycles. The molecule has 0 aliphatic rings. The second kappa shape index (κ2) is 9.09. The number of halogens is 1. The van der Waals surface area contributed by atoms with Crippen molar-refractivity contribution in [1.29, 1.82) is 0 Å². The van der Waals surface area contributed by atoms with Crippen LogP contribution in [0.5, 0.6) is 5.75 Å². The van der Waals surface area contributed by atoms with Gasteiger partial charge >= 0.3 is 0 Å². The van der Waals surface area contributed by atoms with Crippen LogP contribution in [0.25, 0.3) is 0 Å². The van der Waals surface area contributed by atoms with Crippen LogP contribution in [-0.2, 0) is 11.3 Å². The quantitative estimate of drug-likeness (QED) is 0.340. The maximum atomic E-state index is 6.16. The highest BCUT2D eigenvalue weighted by molar-refractivity contribution is 6.69. The average Bonchev–Trinajstić information content (AvgIpc) is 2.99. The number of rotatable bonds is 6. The third kappa shape index (κ3) is 5.23. The van der Waals surface area contributed by atoms with Gasteiger partial charge in [0, 0.05) is 25.3 Å². The zero-order valence-corrected chi connectivity index (χ0v) is 15.5. The number of unbranched alkanes of at least 4 members (excludes halogenated alkanes) is 1. The largest absolute Gasteiger partial charge is 0.496 e. The number of aryl methyl sites for hydroxylation is 3. The first-order valence-corrected chi connectivity index (χ1v) is 8.16. The molecule has 0 fully saturated rings. The minimum absolute atomic E-state index is 0.220. The lowest BCUT2D eigenvalue weighted by molar-refractivity contribution is 0.214. The molecule has 1 aromatic heterocycles. The third-order valence-electron chi connectivity index (χ3n) is 3.37. The van der Waals surface area contributed by atoms with E-state index in [0.29, 0.717) is 29.5 Å². The van der Waals surface area contributed by atoms with E-state index >= 15 is 0 Å². The third-order valence-corrected chi connectivity index (χ3v) is 3.64. The highest BCUT2D eigenvalue weighted by Crippen LogP contribution is 2.27. The van der Waals surface area contributed by atoms with Gasteiger partial charge < -0.3 is 14.0 Å². The molecule has 0 N–H and O–H groups in total. The first kappa shape index (κ1) is 18.8. The lowest BCUT2D eigenvalue weighted by Crippen LogP contribution is -2.00. The predicted octanol–water partition coefficient (Wildman–Crippen LogP) is 3.62. The van der Waals surface area contributed by atoms with Gasteiger partial charge in [-0.3, -0.25) is 0 Å². The van der Waals surface area contributed by atoms with Gasteiger partial charge in [-0.05, 0) is 31.0 Å². The molecule has 1 heterocycles. The number of aromatic nitrogens is 2. The van der Waals surface area contributed by atoms with Gasteiger partial charge in [0.05, 0.1) is 12.7 Å². The molecule has 0 aliphatic heterocycles. The molecule has 7 heteroatoms. The highest BCUT2D eigenvalue weighted by Gasteiger charge is 2.13. The van der Waals surface area contributed by atoms with Crippen molar-refractivity contribution in [3.8, 4) is 17.6 Å². The van der Waals surface area contributed by atoms with E-state index in [0.717, 1.165) is 24.0 Å². The minimum Gasteiger partial charge on any atom is -0.496 e. The van der Waals surface area contributed by atoms with Crippen molar-refractivity contribution in [2.24, 2.45) is 5.16 Å². The molecular weight excluding hydrogens is 342 g/mol. The van der Waals surface area contributed by atoms with Gasteiger partial charge in [-0.25, -0.2) is 0 Å². The van der Waals surface area contributed by atoms with Crippen LogP contribution in [0.1, 0.15) is 41.3 Å². The maximum Gasteiger partial charge on any atom is 0.216 e. The Hall–Kier alpha value is -2.52. The average molecular weight is 362 g/mol. The standard InChI is InChI=1S/C18H20ClN3O3/c1-12-10-14(11-15(17(12)23-3)18(19)22-24-4)8-6-5-7-9-16-21-20-13(2)25-16/h10-11H,5,7,9H2,1-4H3/b22-18-. The summed E-state index contributed by atoms with van der Waals surface area (Å²) in [5.41, 5.74) is 2.41. The van der Waals surface area contributed by atoms with Crippen LogP contribution in [0.15, 0.2) is 21.7 Å². The number of hydrogen-bond donors (Lipinski definition) is 0. The van der Waals surface area contributed by atoms with E-state index in [4.69, 9.17) is 25.6 Å². The summed E-state index contributed by atoms with van der Waals surface area (Å²) < 4.78 is 10.7. The number of methoxy groups -OCH3 is 1. The topological polar surface area (TPSA) is 69.7 Å². The summed E-state index contributed by atoms with van der Waals surface area (Å²) in [6.07, 6.45) is 2.29. The lowest BCUT2D eigenvalue weighted by Gasteiger charge is -2.10. The Kier molecular flexibility index (Phi) is 6.84. The van der Waals surface area contributed by atoms with Crippen molar-refractivity contribution in [2.75, 3.05) is 14.2 Å². The normalized spacial score (nSPS) is 11.0. The molecule has 132 valence electrons. The molecule has 1 aromatic carbocycles. The highest BCUT2D eigenvalue weighted by atomic mass is 35.5. The molecule has 0 amide bonds. The van der Waals surface area contributed by atoms with Crippen molar-refractivity contribution in [3.05, 3.63) is 40.6 Å². The SMILES string of the molecule is CO/N=C(\Cl)c1cc(C#CCCCc2nnc(C)o2)cc(C)c1OC. The van der Waals surface area contributed by atoms with Crippen molar-refractivity contribution in [2.45, 2.75) is 33.1 Å². The Morgan fingerprint density at radius 3 is 2.72 bits per heavy atom. The van der Waals surface area contributed by atoms with Crippen LogP contribution in [0, 0.1) is 25.7 Å². The summed E-state index contributed by atoms with van der Waals surface area (Å²) in [5.74, 6) is 8.16. The van der Waals surface area contributed by atoms with Crippen molar-refractivity contribution >= 4 is 16.8 Å². The molecular formula is C18H20ClN3O3. The molecule has 0 atom stereocenters. The first-order chi connectivity index (χ1) is 12.0. The van der Waals surface area contributed by atoms with Gasteiger partial charge in [-0.15, -0.1) is 10.2 Å². The molecule has 25 heavy (non-hydrogen) atoms. The van der Waals surface area contributed by atoms with E-state index in [1.807, 2.05) is 19.1 Å². The van der Waals surface area contributed by atoms with Crippen molar-refractivity contribution in [1.82, 2.24) is 10.2 Å². The van der Waals surface area contributed by atoms with Gasteiger partial charge in [-0.2, -0.15) is 0 Å². The zero-order chi connectivity index (χ0) is 18.2. The first-order valence-electron chi connectivity index (χ1n) is 7.78. The predicted molar refractivity (Wildman–Crippen MR) is 96.0 cm³/mol. The minimum atomic E-state index is 0.220. The van der Waals surface area contributed by atoms with Gasteiger partial charge in [0.15, 0.2) is 5.17 Å². The molecule has 0 unspecified atom stereocenters. The Labute approximate surface area is 152 Å². The number of benzene rings is 1. The monoisotopic (exact) mass is 361 g/mol. The molecule has 0 bridgehead atoms. The summed E-state index contributed by atoms with van der Waals surface area (Å²) in [5, 5.41) is 11.7. The van der Waals surface area contributed by atoms with Crippen molar-refractivity contribution in [3.63, 3.8) is 0 Å². The van der Waals surface area contributed by atoms with E-state index < -0.39 is 0 Å². The van der Waals surface area contributed by atoms with Crippen LogP contribution in [-0.4, -0.2) is 29.6 Å². The number of hydrogen-bond acceptors (Lipinski definition) is 6. The molecule has 0 aliphatic carbocycles. The molecule has 0 radical (unpaired) electrons. The molecule has 2 rings (SSSR count). The summed E-state index contributed by atoms with van der Waals surface area (Å²) in [7, 11) is 3.03. The Morgan fingerprint density at radius 2 is 2.08 bits per heavy atom. The second-order valence-electron chi connectivity index (χ2n) is 5.31. The fraction of sp³-hybridized carbons (Fsp3) is 0.389. The summed E-state index contributed by atoms with van der Waals surface area (Å²) in [6, 6.07) is 3.79. The number of oxime groups is 1. The summed E-state index contributed by atoms with van der Waals surface area (Å²) in [6.45, 7) is 3.71. The zero-order valence-electron chi connectivity index (χ0n) is 14.7. The van der Waals surface area contributed by atoms with E-state index in [-0.39, 0.29) is 5.17 Å². The van der Waals surface area contributed by atoms with E-state index in [9.17, 15) is 0 Å². The summed E-state index contributed by atoms with van der Waals surface area (Å²) >= 11 is 6.16. The van der Waals surface area contributed by atoms with E-state index in [1.165, 1.54) is 7.11 Å². The van der Waals surface area contributed by atoms with Crippen LogP contribution < -0.4 is 4.74 Å². The molecule has 0 spiro atoms. The molecule has 6 nitrogen and oxygen atoms in total. The lowest BCUT2D eigenvalue weighted by atomic mass is 10.0. The maximum absolute atomic E-state index is 6.16. The smallest absolute Gasteiger partial charge is 0.216 e. The number of nitrogens with zero attached hydrogens (tertiary/aromatic N) is 3. The van der Waals surface area contributed by atoms with Crippen molar-refractivity contribution < 1.29 is 14.0 Å². The van der Waals surface area contributed by atoms with Gasteiger partial charge in [0.1, 0.15) is 12.9 Å². The second-order valence-corrected chi connectivity index (χ2v) is 5.67. The number of ether oxygens (including phenoxy) is 1. The summed E-state index contributed by atoms with van der Waals surface area (Å²) in [4.78, 5) is 4.74. The van der Waals surface area contributed by atoms with Crippen LogP contribution in [0.2, 0.25) is 0 Å². The van der Waals surface area contributed by atoms with E-state index in [2.05, 4.69) is 27.2 Å². The fourth-order valence-corrected chi connectivity index (χ4v) is 2.54. The fourth-order valence-electron chi connectivity index (χ4n) is 2.33. The van der Waals surface area contributed by atoms with Gasteiger partial charge in [0.25, 0.3) is 0 Å². The Morgan fingerprint density at radius 1 is 1.28 bits per heavy atom. The Balaban J connectivity index is 2.08. The van der Waals surface area contributed by atoms with Crippen LogP contribution in [0.3, 0.4) is 0 Å². The van der Waals surface area contributed by atoms with Crippen LogP contribution >= 0.6 is 11.6 Å². The van der Waals surface area contributed by atoms with Gasteiger partial charge in [-0.1, -0.05) is 28.6 Å².